The predicted octanol–water partition coefficient (Wildman–Crippen LogP) is 2.12. The van der Waals surface area contributed by atoms with Crippen LogP contribution in [0, 0.1) is 0 Å². The summed E-state index contributed by atoms with van der Waals surface area (Å²) in [5.41, 5.74) is 0.511. The SMILES string of the molecule is CC1CCC(C(=O)Nc2ccc(S(=O)(=O)Cl)cc2)O1. The first-order valence-electron chi connectivity index (χ1n) is 5.87. The zero-order chi connectivity index (χ0) is 14.0. The molecule has 7 heteroatoms. The monoisotopic (exact) mass is 303 g/mol. The minimum atomic E-state index is -3.74. The third-order valence-electron chi connectivity index (χ3n) is 2.93. The number of benzene rings is 1. The molecule has 2 rings (SSSR count). The number of carbonyl (C=O) groups is 1. The molecule has 2 unspecified atom stereocenters. The first-order chi connectivity index (χ1) is 8.86. The second-order valence-electron chi connectivity index (χ2n) is 4.46. The summed E-state index contributed by atoms with van der Waals surface area (Å²) in [5, 5.41) is 2.68. The van der Waals surface area contributed by atoms with Gasteiger partial charge in [-0.15, -0.1) is 0 Å². The Morgan fingerprint density at radius 2 is 1.95 bits per heavy atom. The second-order valence-corrected chi connectivity index (χ2v) is 7.03. The molecule has 5 nitrogen and oxygen atoms in total. The molecule has 104 valence electrons. The smallest absolute Gasteiger partial charge is 0.261 e. The van der Waals surface area contributed by atoms with Gasteiger partial charge in [-0.1, -0.05) is 0 Å². The Kier molecular flexibility index (Phi) is 4.13. The zero-order valence-corrected chi connectivity index (χ0v) is 11.9. The van der Waals surface area contributed by atoms with Gasteiger partial charge in [-0.2, -0.15) is 0 Å². The van der Waals surface area contributed by atoms with Gasteiger partial charge in [0.1, 0.15) is 6.10 Å². The van der Waals surface area contributed by atoms with Crippen LogP contribution < -0.4 is 5.32 Å². The highest BCUT2D eigenvalue weighted by Crippen LogP contribution is 2.22. The average molecular weight is 304 g/mol. The molecule has 0 bridgehead atoms. The average Bonchev–Trinajstić information content (AvgIpc) is 2.75. The van der Waals surface area contributed by atoms with Crippen LogP contribution in [-0.4, -0.2) is 26.5 Å². The van der Waals surface area contributed by atoms with Gasteiger partial charge < -0.3 is 10.1 Å². The van der Waals surface area contributed by atoms with E-state index in [0.717, 1.165) is 6.42 Å². The molecule has 1 aliphatic rings. The van der Waals surface area contributed by atoms with Crippen molar-refractivity contribution in [3.8, 4) is 0 Å². The van der Waals surface area contributed by atoms with E-state index in [1.807, 2.05) is 6.92 Å². The maximum Gasteiger partial charge on any atom is 0.261 e. The van der Waals surface area contributed by atoms with Crippen molar-refractivity contribution in [3.63, 3.8) is 0 Å². The van der Waals surface area contributed by atoms with E-state index in [4.69, 9.17) is 15.4 Å². The maximum atomic E-state index is 11.9. The molecule has 1 saturated heterocycles. The summed E-state index contributed by atoms with van der Waals surface area (Å²) >= 11 is 0. The Hall–Kier alpha value is -1.11. The highest BCUT2D eigenvalue weighted by molar-refractivity contribution is 8.13. The molecule has 1 aromatic rings. The summed E-state index contributed by atoms with van der Waals surface area (Å²) in [4.78, 5) is 11.9. The highest BCUT2D eigenvalue weighted by Gasteiger charge is 2.28. The lowest BCUT2D eigenvalue weighted by molar-refractivity contribution is -0.126. The van der Waals surface area contributed by atoms with Crippen LogP contribution in [0.1, 0.15) is 19.8 Å². The lowest BCUT2D eigenvalue weighted by atomic mass is 10.2. The molecule has 1 aromatic carbocycles. The lowest BCUT2D eigenvalue weighted by Gasteiger charge is -2.11. The fourth-order valence-electron chi connectivity index (χ4n) is 1.92. The molecule has 0 spiro atoms. The Balaban J connectivity index is 2.02. The summed E-state index contributed by atoms with van der Waals surface area (Å²) in [6.07, 6.45) is 1.22. The van der Waals surface area contributed by atoms with Crippen LogP contribution in [0.3, 0.4) is 0 Å². The Bertz CT molecular complexity index is 570. The molecule has 1 N–H and O–H groups in total. The number of nitrogens with one attached hydrogen (secondary N) is 1. The van der Waals surface area contributed by atoms with Gasteiger partial charge in [0, 0.05) is 16.4 Å². The molecule has 1 heterocycles. The van der Waals surface area contributed by atoms with Crippen LogP contribution in [-0.2, 0) is 18.6 Å². The molecule has 1 aliphatic heterocycles. The summed E-state index contributed by atoms with van der Waals surface area (Å²) < 4.78 is 27.6. The molecule has 0 radical (unpaired) electrons. The normalized spacial score (nSPS) is 23.3. The topological polar surface area (TPSA) is 72.5 Å². The van der Waals surface area contributed by atoms with E-state index in [-0.39, 0.29) is 16.9 Å². The first kappa shape index (κ1) is 14.3. The van der Waals surface area contributed by atoms with E-state index in [9.17, 15) is 13.2 Å². The van der Waals surface area contributed by atoms with Crippen molar-refractivity contribution in [2.24, 2.45) is 0 Å². The quantitative estimate of drug-likeness (QED) is 0.868. The fourth-order valence-corrected chi connectivity index (χ4v) is 2.69. The Labute approximate surface area is 116 Å². The fraction of sp³-hybridized carbons (Fsp3) is 0.417. The number of amides is 1. The number of carbonyl (C=O) groups excluding carboxylic acids is 1. The van der Waals surface area contributed by atoms with Crippen molar-refractivity contribution in [1.29, 1.82) is 0 Å². The number of halogens is 1. The van der Waals surface area contributed by atoms with Gasteiger partial charge in [0.2, 0.25) is 0 Å². The maximum absolute atomic E-state index is 11.9. The van der Waals surface area contributed by atoms with Crippen LogP contribution in [0.4, 0.5) is 5.69 Å². The van der Waals surface area contributed by atoms with Crippen LogP contribution in [0.25, 0.3) is 0 Å². The van der Waals surface area contributed by atoms with E-state index < -0.39 is 15.2 Å². The van der Waals surface area contributed by atoms with Crippen LogP contribution in [0.2, 0.25) is 0 Å². The largest absolute Gasteiger partial charge is 0.365 e. The molecule has 0 saturated carbocycles. The van der Waals surface area contributed by atoms with E-state index in [2.05, 4.69) is 5.32 Å². The van der Waals surface area contributed by atoms with E-state index in [1.165, 1.54) is 24.3 Å². The molecule has 0 aromatic heterocycles. The molecule has 2 atom stereocenters. The van der Waals surface area contributed by atoms with Gasteiger partial charge in [0.05, 0.1) is 11.0 Å². The minimum absolute atomic E-state index is 0.00194. The van der Waals surface area contributed by atoms with Crippen LogP contribution >= 0.6 is 10.7 Å². The standard InChI is InChI=1S/C12H14ClNO4S/c1-8-2-7-11(18-8)12(15)14-9-3-5-10(6-4-9)19(13,16)17/h3-6,8,11H,2,7H2,1H3,(H,14,15). The van der Waals surface area contributed by atoms with Crippen molar-refractivity contribution in [2.45, 2.75) is 36.9 Å². The molecule has 19 heavy (non-hydrogen) atoms. The minimum Gasteiger partial charge on any atom is -0.365 e. The van der Waals surface area contributed by atoms with Crippen molar-refractivity contribution in [3.05, 3.63) is 24.3 Å². The number of hydrogen-bond acceptors (Lipinski definition) is 4. The molecule has 1 amide bonds. The van der Waals surface area contributed by atoms with Crippen LogP contribution in [0.5, 0.6) is 0 Å². The number of hydrogen-bond donors (Lipinski definition) is 1. The van der Waals surface area contributed by atoms with Crippen molar-refractivity contribution >= 4 is 31.3 Å². The molecular formula is C12H14ClNO4S. The Morgan fingerprint density at radius 3 is 2.42 bits per heavy atom. The molecule has 1 fully saturated rings. The van der Waals surface area contributed by atoms with Crippen molar-refractivity contribution in [1.82, 2.24) is 0 Å². The number of anilines is 1. The third kappa shape index (κ3) is 3.68. The number of rotatable bonds is 3. The molecule has 0 aliphatic carbocycles. The van der Waals surface area contributed by atoms with E-state index in [1.54, 1.807) is 0 Å². The zero-order valence-electron chi connectivity index (χ0n) is 10.3. The van der Waals surface area contributed by atoms with E-state index >= 15 is 0 Å². The first-order valence-corrected chi connectivity index (χ1v) is 8.18. The summed E-state index contributed by atoms with van der Waals surface area (Å²) in [7, 11) is 1.46. The summed E-state index contributed by atoms with van der Waals surface area (Å²) in [6, 6.07) is 5.67. The van der Waals surface area contributed by atoms with Gasteiger partial charge in [-0.05, 0) is 44.0 Å². The predicted molar refractivity (Wildman–Crippen MR) is 71.7 cm³/mol. The highest BCUT2D eigenvalue weighted by atomic mass is 35.7. The van der Waals surface area contributed by atoms with Gasteiger partial charge in [-0.3, -0.25) is 4.79 Å². The summed E-state index contributed by atoms with van der Waals surface area (Å²) in [6.45, 7) is 1.92. The van der Waals surface area contributed by atoms with Crippen LogP contribution in [0.15, 0.2) is 29.2 Å². The molecular weight excluding hydrogens is 290 g/mol. The van der Waals surface area contributed by atoms with Gasteiger partial charge >= 0.3 is 0 Å². The van der Waals surface area contributed by atoms with E-state index in [0.29, 0.717) is 12.1 Å². The lowest BCUT2D eigenvalue weighted by Crippen LogP contribution is -2.27. The van der Waals surface area contributed by atoms with Gasteiger partial charge in [0.15, 0.2) is 0 Å². The van der Waals surface area contributed by atoms with Crippen molar-refractivity contribution < 1.29 is 17.9 Å². The second kappa shape index (κ2) is 5.48. The third-order valence-corrected chi connectivity index (χ3v) is 4.30. The van der Waals surface area contributed by atoms with Gasteiger partial charge in [0.25, 0.3) is 15.0 Å². The summed E-state index contributed by atoms with van der Waals surface area (Å²) in [5.74, 6) is -0.217. The Morgan fingerprint density at radius 1 is 1.32 bits per heavy atom. The van der Waals surface area contributed by atoms with Crippen molar-refractivity contribution in [2.75, 3.05) is 5.32 Å². The van der Waals surface area contributed by atoms with Gasteiger partial charge in [-0.25, -0.2) is 8.42 Å². The number of ether oxygens (including phenoxy) is 1.